The third-order valence-corrected chi connectivity index (χ3v) is 9.80. The molecule has 4 aromatic carbocycles. The van der Waals surface area contributed by atoms with E-state index in [0.717, 1.165) is 25.6 Å². The first-order chi connectivity index (χ1) is 23.3. The average molecular weight is 791 g/mol. The Kier molecular flexibility index (Phi) is 10.3. The molecule has 1 aliphatic heterocycles. The second-order valence-corrected chi connectivity index (χ2v) is 13.4. The van der Waals surface area contributed by atoms with E-state index >= 15 is 0 Å². The Labute approximate surface area is 297 Å². The number of esters is 1. The van der Waals surface area contributed by atoms with Crippen molar-refractivity contribution in [3.63, 3.8) is 0 Å². The Bertz CT molecular complexity index is 2170. The van der Waals surface area contributed by atoms with Crippen LogP contribution in [0.5, 0.6) is 17.2 Å². The molecule has 0 unspecified atom stereocenters. The monoisotopic (exact) mass is 788 g/mol. The van der Waals surface area contributed by atoms with Crippen LogP contribution < -0.4 is 29.1 Å². The van der Waals surface area contributed by atoms with Crippen LogP contribution in [-0.4, -0.2) is 31.4 Å². The summed E-state index contributed by atoms with van der Waals surface area (Å²) in [6.45, 7) is 2.30. The topological polar surface area (TPSA) is 88.4 Å². The molecule has 0 bridgehead atoms. The van der Waals surface area contributed by atoms with Crippen molar-refractivity contribution in [1.82, 2.24) is 4.57 Å². The molecule has 244 valence electrons. The van der Waals surface area contributed by atoms with Gasteiger partial charge in [-0.2, -0.15) is 0 Å². The molecule has 0 spiro atoms. The van der Waals surface area contributed by atoms with Gasteiger partial charge in [-0.3, -0.25) is 9.36 Å². The summed E-state index contributed by atoms with van der Waals surface area (Å²) in [5.41, 5.74) is 3.56. The zero-order valence-electron chi connectivity index (χ0n) is 26.2. The number of carbonyl (C=O) groups is 1. The number of methoxy groups -OCH3 is 2. The number of aromatic nitrogens is 1. The lowest BCUT2D eigenvalue weighted by Gasteiger charge is -2.26. The van der Waals surface area contributed by atoms with Gasteiger partial charge < -0.3 is 18.9 Å². The summed E-state index contributed by atoms with van der Waals surface area (Å²) in [4.78, 5) is 33.5. The fraction of sp³-hybridized carbons (Fsp3) is 0.162. The maximum Gasteiger partial charge on any atom is 0.338 e. The minimum absolute atomic E-state index is 0.155. The number of hydrogen-bond donors (Lipinski definition) is 0. The molecule has 0 radical (unpaired) electrons. The fourth-order valence-corrected chi connectivity index (χ4v) is 7.91. The Hall–Kier alpha value is -4.45. The molecule has 1 aliphatic rings. The van der Waals surface area contributed by atoms with Gasteiger partial charge in [0.15, 0.2) is 16.3 Å². The highest BCUT2D eigenvalue weighted by molar-refractivity contribution is 9.11. The molecule has 0 saturated carbocycles. The Morgan fingerprint density at radius 3 is 2.23 bits per heavy atom. The molecular formula is C37H30Br2N2O6S. The van der Waals surface area contributed by atoms with Gasteiger partial charge in [0.1, 0.15) is 12.4 Å². The molecule has 11 heteroatoms. The van der Waals surface area contributed by atoms with Crippen molar-refractivity contribution < 1.29 is 23.7 Å². The number of nitrogens with zero attached hydrogens (tertiary/aromatic N) is 2. The molecule has 5 aromatic rings. The molecule has 0 amide bonds. The SMILES string of the molecule is CCOC(=O)C1=C(c2ccccc2)N=c2s/c(=C\c3cc(Br)c(OCc4ccccc4)c(Br)c3)c(=O)n2[C@H]1c1ccc(OC)c(OC)c1. The van der Waals surface area contributed by atoms with Crippen LogP contribution in [0.15, 0.2) is 115 Å². The van der Waals surface area contributed by atoms with E-state index in [2.05, 4.69) is 31.9 Å². The van der Waals surface area contributed by atoms with Crippen molar-refractivity contribution in [2.24, 2.45) is 4.99 Å². The molecular weight excluding hydrogens is 760 g/mol. The largest absolute Gasteiger partial charge is 0.493 e. The van der Waals surface area contributed by atoms with Crippen LogP contribution in [0.2, 0.25) is 0 Å². The van der Waals surface area contributed by atoms with E-state index in [0.29, 0.717) is 44.4 Å². The van der Waals surface area contributed by atoms with Crippen LogP contribution in [-0.2, 0) is 16.1 Å². The van der Waals surface area contributed by atoms with Crippen LogP contribution in [0.4, 0.5) is 0 Å². The lowest BCUT2D eigenvalue weighted by Crippen LogP contribution is -2.40. The summed E-state index contributed by atoms with van der Waals surface area (Å²) in [7, 11) is 3.09. The van der Waals surface area contributed by atoms with Crippen molar-refractivity contribution in [3.05, 3.63) is 147 Å². The number of carbonyl (C=O) groups excluding carboxylic acids is 1. The highest BCUT2D eigenvalue weighted by Crippen LogP contribution is 2.39. The molecule has 0 fully saturated rings. The molecule has 2 heterocycles. The van der Waals surface area contributed by atoms with Crippen molar-refractivity contribution in [2.45, 2.75) is 19.6 Å². The predicted octanol–water partition coefficient (Wildman–Crippen LogP) is 7.06. The summed E-state index contributed by atoms with van der Waals surface area (Å²) < 4.78 is 26.2. The highest BCUT2D eigenvalue weighted by atomic mass is 79.9. The lowest BCUT2D eigenvalue weighted by molar-refractivity contribution is -0.138. The minimum Gasteiger partial charge on any atom is -0.493 e. The molecule has 1 aromatic heterocycles. The highest BCUT2D eigenvalue weighted by Gasteiger charge is 2.35. The number of ether oxygens (including phenoxy) is 4. The van der Waals surface area contributed by atoms with Gasteiger partial charge in [-0.05, 0) is 85.8 Å². The van der Waals surface area contributed by atoms with E-state index in [4.69, 9.17) is 23.9 Å². The van der Waals surface area contributed by atoms with Gasteiger partial charge in [-0.15, -0.1) is 0 Å². The van der Waals surface area contributed by atoms with E-state index < -0.39 is 12.0 Å². The second-order valence-electron chi connectivity index (χ2n) is 10.6. The third kappa shape index (κ3) is 6.76. The number of benzene rings is 4. The standard InChI is InChI=1S/C37H30Br2N2O6S/c1-4-46-36(43)31-32(24-13-9-6-10-14-24)40-37-41(33(31)25-15-16-28(44-2)29(20-25)45-3)35(42)30(48-37)19-23-17-26(38)34(27(39)18-23)47-21-22-11-7-5-8-12-22/h5-20,33H,4,21H2,1-3H3/b30-19-/t33-/m0/s1. The second kappa shape index (κ2) is 14.8. The van der Waals surface area contributed by atoms with Crippen LogP contribution in [0.25, 0.3) is 11.8 Å². The van der Waals surface area contributed by atoms with Crippen LogP contribution in [0.3, 0.4) is 0 Å². The summed E-state index contributed by atoms with van der Waals surface area (Å²) in [6.07, 6.45) is 1.81. The molecule has 0 aliphatic carbocycles. The van der Waals surface area contributed by atoms with Gasteiger partial charge in [0, 0.05) is 5.56 Å². The Balaban J connectivity index is 1.52. The first kappa shape index (κ1) is 33.5. The van der Waals surface area contributed by atoms with E-state index in [9.17, 15) is 9.59 Å². The molecule has 8 nitrogen and oxygen atoms in total. The van der Waals surface area contributed by atoms with Gasteiger partial charge in [-0.25, -0.2) is 9.79 Å². The number of rotatable bonds is 10. The maximum atomic E-state index is 14.3. The summed E-state index contributed by atoms with van der Waals surface area (Å²) in [5, 5.41) is 0. The third-order valence-electron chi connectivity index (χ3n) is 7.64. The quantitative estimate of drug-likeness (QED) is 0.141. The van der Waals surface area contributed by atoms with E-state index in [1.807, 2.05) is 84.9 Å². The Morgan fingerprint density at radius 1 is 0.917 bits per heavy atom. The maximum absolute atomic E-state index is 14.3. The summed E-state index contributed by atoms with van der Waals surface area (Å²) in [6, 6.07) is 27.6. The summed E-state index contributed by atoms with van der Waals surface area (Å²) >= 11 is 8.53. The molecule has 0 saturated heterocycles. The zero-order chi connectivity index (χ0) is 33.8. The molecule has 0 N–H and O–H groups in total. The Morgan fingerprint density at radius 2 is 1.58 bits per heavy atom. The number of hydrogen-bond acceptors (Lipinski definition) is 8. The normalized spacial score (nSPS) is 14.3. The summed E-state index contributed by atoms with van der Waals surface area (Å²) in [5.74, 6) is 1.07. The van der Waals surface area contributed by atoms with Gasteiger partial charge in [0.25, 0.3) is 5.56 Å². The first-order valence-corrected chi connectivity index (χ1v) is 17.4. The van der Waals surface area contributed by atoms with Crippen molar-refractivity contribution in [3.8, 4) is 17.2 Å². The minimum atomic E-state index is -0.857. The zero-order valence-corrected chi connectivity index (χ0v) is 30.2. The lowest BCUT2D eigenvalue weighted by atomic mass is 9.93. The number of halogens is 2. The van der Waals surface area contributed by atoms with Crippen LogP contribution in [0, 0.1) is 0 Å². The first-order valence-electron chi connectivity index (χ1n) is 15.0. The van der Waals surface area contributed by atoms with E-state index in [1.54, 1.807) is 37.8 Å². The van der Waals surface area contributed by atoms with Crippen molar-refractivity contribution in [1.29, 1.82) is 0 Å². The average Bonchev–Trinajstić information content (AvgIpc) is 3.41. The van der Waals surface area contributed by atoms with Crippen LogP contribution >= 0.6 is 43.2 Å². The number of fused-ring (bicyclic) bond motifs is 1. The van der Waals surface area contributed by atoms with Gasteiger partial charge in [0.05, 0.1) is 51.6 Å². The fourth-order valence-electron chi connectivity index (χ4n) is 5.46. The molecule has 48 heavy (non-hydrogen) atoms. The van der Waals surface area contributed by atoms with E-state index in [1.165, 1.54) is 11.3 Å². The van der Waals surface area contributed by atoms with Gasteiger partial charge in [-0.1, -0.05) is 78.1 Å². The van der Waals surface area contributed by atoms with Crippen LogP contribution in [0.1, 0.15) is 35.2 Å². The van der Waals surface area contributed by atoms with Gasteiger partial charge in [0.2, 0.25) is 0 Å². The van der Waals surface area contributed by atoms with E-state index in [-0.39, 0.29) is 17.7 Å². The smallest absolute Gasteiger partial charge is 0.338 e. The predicted molar refractivity (Wildman–Crippen MR) is 193 cm³/mol. The molecule has 1 atom stereocenters. The van der Waals surface area contributed by atoms with Crippen molar-refractivity contribution >= 4 is 60.9 Å². The van der Waals surface area contributed by atoms with Crippen molar-refractivity contribution in [2.75, 3.05) is 20.8 Å². The molecule has 6 rings (SSSR count). The van der Waals surface area contributed by atoms with Gasteiger partial charge >= 0.3 is 5.97 Å². The number of thiazole rings is 1.